The van der Waals surface area contributed by atoms with Crippen LogP contribution in [0.2, 0.25) is 0 Å². The van der Waals surface area contributed by atoms with Crippen LogP contribution in [0, 0.1) is 0 Å². The number of rotatable bonds is 6. The molecule has 0 saturated heterocycles. The second-order valence-electron chi connectivity index (χ2n) is 5.27. The summed E-state index contributed by atoms with van der Waals surface area (Å²) in [6.07, 6.45) is 6.19. The number of nitrogens with one attached hydrogen (secondary N) is 1. The van der Waals surface area contributed by atoms with Gasteiger partial charge in [0.05, 0.1) is 12.5 Å². The Labute approximate surface area is 114 Å². The Bertz CT molecular complexity index is 517. The lowest BCUT2D eigenvalue weighted by molar-refractivity contribution is 0.563. The van der Waals surface area contributed by atoms with Crippen molar-refractivity contribution >= 4 is 5.69 Å². The second kappa shape index (κ2) is 5.49. The standard InChI is InChI=1S/C16H20N2O/c1-18(11-13-8-9-19-12-13)16-5-3-2-4-14(16)10-17-15-6-7-15/h2-5,8-9,12,15,17H,6-7,10-11H2,1H3. The first-order valence-corrected chi connectivity index (χ1v) is 6.86. The fourth-order valence-electron chi connectivity index (χ4n) is 2.32. The van der Waals surface area contributed by atoms with E-state index in [9.17, 15) is 0 Å². The minimum atomic E-state index is 0.743. The Morgan fingerprint density at radius 3 is 2.84 bits per heavy atom. The zero-order valence-corrected chi connectivity index (χ0v) is 11.3. The first-order chi connectivity index (χ1) is 9.33. The van der Waals surface area contributed by atoms with Gasteiger partial charge in [-0.3, -0.25) is 0 Å². The Balaban J connectivity index is 1.70. The lowest BCUT2D eigenvalue weighted by Gasteiger charge is -2.22. The number of furan rings is 1. The minimum Gasteiger partial charge on any atom is -0.472 e. The maximum absolute atomic E-state index is 5.13. The first-order valence-electron chi connectivity index (χ1n) is 6.86. The molecule has 0 spiro atoms. The monoisotopic (exact) mass is 256 g/mol. The van der Waals surface area contributed by atoms with E-state index >= 15 is 0 Å². The van der Waals surface area contributed by atoms with Gasteiger partial charge in [0, 0.05) is 37.4 Å². The van der Waals surface area contributed by atoms with Crippen LogP contribution in [-0.2, 0) is 13.1 Å². The molecule has 1 aromatic carbocycles. The van der Waals surface area contributed by atoms with E-state index in [2.05, 4.69) is 41.5 Å². The largest absolute Gasteiger partial charge is 0.472 e. The van der Waals surface area contributed by atoms with Crippen LogP contribution in [0.25, 0.3) is 0 Å². The molecule has 1 saturated carbocycles. The molecular formula is C16H20N2O. The molecule has 1 fully saturated rings. The van der Waals surface area contributed by atoms with Crippen molar-refractivity contribution in [2.45, 2.75) is 32.0 Å². The number of hydrogen-bond donors (Lipinski definition) is 1. The summed E-state index contributed by atoms with van der Waals surface area (Å²) in [5.41, 5.74) is 3.85. The molecule has 1 heterocycles. The number of nitrogens with zero attached hydrogens (tertiary/aromatic N) is 1. The number of benzene rings is 1. The van der Waals surface area contributed by atoms with E-state index in [1.165, 1.54) is 29.7 Å². The fraction of sp³-hybridized carbons (Fsp3) is 0.375. The predicted octanol–water partition coefficient (Wildman–Crippen LogP) is 3.17. The second-order valence-corrected chi connectivity index (χ2v) is 5.27. The third-order valence-corrected chi connectivity index (χ3v) is 3.56. The summed E-state index contributed by atoms with van der Waals surface area (Å²) in [6.45, 7) is 1.83. The Morgan fingerprint density at radius 1 is 1.26 bits per heavy atom. The summed E-state index contributed by atoms with van der Waals surface area (Å²) in [4.78, 5) is 2.27. The molecule has 1 aliphatic rings. The highest BCUT2D eigenvalue weighted by molar-refractivity contribution is 5.53. The molecule has 1 aliphatic carbocycles. The van der Waals surface area contributed by atoms with Gasteiger partial charge in [-0.05, 0) is 30.5 Å². The molecule has 3 nitrogen and oxygen atoms in total. The minimum absolute atomic E-state index is 0.743. The molecule has 100 valence electrons. The van der Waals surface area contributed by atoms with Gasteiger partial charge in [-0.1, -0.05) is 18.2 Å². The van der Waals surface area contributed by atoms with E-state index < -0.39 is 0 Å². The topological polar surface area (TPSA) is 28.4 Å². The van der Waals surface area contributed by atoms with Gasteiger partial charge in [-0.15, -0.1) is 0 Å². The third-order valence-electron chi connectivity index (χ3n) is 3.56. The first kappa shape index (κ1) is 12.3. The third kappa shape index (κ3) is 3.18. The van der Waals surface area contributed by atoms with E-state index in [0.717, 1.165) is 19.1 Å². The molecule has 19 heavy (non-hydrogen) atoms. The molecule has 0 aliphatic heterocycles. The molecule has 1 N–H and O–H groups in total. The SMILES string of the molecule is CN(Cc1ccoc1)c1ccccc1CNC1CC1. The Morgan fingerprint density at radius 2 is 2.11 bits per heavy atom. The molecule has 1 aromatic heterocycles. The van der Waals surface area contributed by atoms with Gasteiger partial charge < -0.3 is 14.6 Å². The van der Waals surface area contributed by atoms with Crippen molar-refractivity contribution in [1.29, 1.82) is 0 Å². The Kier molecular flexibility index (Phi) is 3.56. The molecule has 3 rings (SSSR count). The normalized spacial score (nSPS) is 14.6. The van der Waals surface area contributed by atoms with E-state index in [1.54, 1.807) is 6.26 Å². The van der Waals surface area contributed by atoms with Gasteiger partial charge in [0.15, 0.2) is 0 Å². The quantitative estimate of drug-likeness (QED) is 0.860. The highest BCUT2D eigenvalue weighted by atomic mass is 16.3. The summed E-state index contributed by atoms with van der Waals surface area (Å²) in [5.74, 6) is 0. The molecule has 0 radical (unpaired) electrons. The highest BCUT2D eigenvalue weighted by Gasteiger charge is 2.20. The molecule has 0 bridgehead atoms. The van der Waals surface area contributed by atoms with Crippen LogP contribution in [0.5, 0.6) is 0 Å². The van der Waals surface area contributed by atoms with E-state index in [4.69, 9.17) is 4.42 Å². The van der Waals surface area contributed by atoms with E-state index in [0.29, 0.717) is 0 Å². The van der Waals surface area contributed by atoms with Crippen LogP contribution in [0.3, 0.4) is 0 Å². The molecule has 0 amide bonds. The molecule has 0 unspecified atom stereocenters. The van der Waals surface area contributed by atoms with Gasteiger partial charge in [0.2, 0.25) is 0 Å². The highest BCUT2D eigenvalue weighted by Crippen LogP contribution is 2.24. The maximum Gasteiger partial charge on any atom is 0.0952 e. The van der Waals surface area contributed by atoms with Gasteiger partial charge >= 0.3 is 0 Å². The van der Waals surface area contributed by atoms with Crippen molar-refractivity contribution in [3.8, 4) is 0 Å². The predicted molar refractivity (Wildman–Crippen MR) is 77.1 cm³/mol. The van der Waals surface area contributed by atoms with Crippen molar-refractivity contribution in [3.63, 3.8) is 0 Å². The summed E-state index contributed by atoms with van der Waals surface area (Å²) in [7, 11) is 2.13. The Hall–Kier alpha value is -1.74. The fourth-order valence-corrected chi connectivity index (χ4v) is 2.32. The maximum atomic E-state index is 5.13. The van der Waals surface area contributed by atoms with Crippen molar-refractivity contribution in [2.24, 2.45) is 0 Å². The summed E-state index contributed by atoms with van der Waals surface area (Å²) < 4.78 is 5.13. The number of anilines is 1. The molecule has 3 heteroatoms. The van der Waals surface area contributed by atoms with Crippen LogP contribution in [0.4, 0.5) is 5.69 Å². The van der Waals surface area contributed by atoms with E-state index in [1.807, 2.05) is 12.3 Å². The zero-order chi connectivity index (χ0) is 13.1. The van der Waals surface area contributed by atoms with Crippen LogP contribution in [-0.4, -0.2) is 13.1 Å². The van der Waals surface area contributed by atoms with Crippen molar-refractivity contribution in [3.05, 3.63) is 54.0 Å². The smallest absolute Gasteiger partial charge is 0.0952 e. The average Bonchev–Trinajstić information content (AvgIpc) is 3.13. The molecule has 2 aromatic rings. The number of para-hydroxylation sites is 1. The number of hydrogen-bond acceptors (Lipinski definition) is 3. The molecular weight excluding hydrogens is 236 g/mol. The van der Waals surface area contributed by atoms with Crippen molar-refractivity contribution < 1.29 is 4.42 Å². The van der Waals surface area contributed by atoms with Crippen LogP contribution < -0.4 is 10.2 Å². The summed E-state index contributed by atoms with van der Waals surface area (Å²) in [5, 5.41) is 3.58. The lowest BCUT2D eigenvalue weighted by Crippen LogP contribution is -2.21. The van der Waals surface area contributed by atoms with Gasteiger partial charge in [-0.25, -0.2) is 0 Å². The van der Waals surface area contributed by atoms with Gasteiger partial charge in [0.1, 0.15) is 0 Å². The van der Waals surface area contributed by atoms with Crippen LogP contribution in [0.15, 0.2) is 47.3 Å². The summed E-state index contributed by atoms with van der Waals surface area (Å²) >= 11 is 0. The van der Waals surface area contributed by atoms with E-state index in [-0.39, 0.29) is 0 Å². The van der Waals surface area contributed by atoms with Gasteiger partial charge in [-0.2, -0.15) is 0 Å². The lowest BCUT2D eigenvalue weighted by atomic mass is 10.1. The molecule has 0 atom stereocenters. The van der Waals surface area contributed by atoms with Crippen LogP contribution in [0.1, 0.15) is 24.0 Å². The van der Waals surface area contributed by atoms with Crippen molar-refractivity contribution in [1.82, 2.24) is 5.32 Å². The van der Waals surface area contributed by atoms with Crippen molar-refractivity contribution in [2.75, 3.05) is 11.9 Å². The van der Waals surface area contributed by atoms with Crippen LogP contribution >= 0.6 is 0 Å². The zero-order valence-electron chi connectivity index (χ0n) is 11.3. The summed E-state index contributed by atoms with van der Waals surface area (Å²) in [6, 6.07) is 11.4. The van der Waals surface area contributed by atoms with Gasteiger partial charge in [0.25, 0.3) is 0 Å². The average molecular weight is 256 g/mol.